The Bertz CT molecular complexity index is 649. The van der Waals surface area contributed by atoms with E-state index in [1.54, 1.807) is 6.20 Å². The third-order valence-corrected chi connectivity index (χ3v) is 3.64. The second-order valence-electron chi connectivity index (χ2n) is 5.03. The molecular weight excluding hydrogens is 266 g/mol. The SMILES string of the molecule is Cn1nccc1CCNC(=O)c1cccc2c1NCCN2. The highest BCUT2D eigenvalue weighted by Gasteiger charge is 2.16. The van der Waals surface area contributed by atoms with Crippen LogP contribution in [0.3, 0.4) is 0 Å². The number of para-hydroxylation sites is 1. The van der Waals surface area contributed by atoms with Gasteiger partial charge in [0.1, 0.15) is 0 Å². The average Bonchev–Trinajstić information content (AvgIpc) is 2.92. The highest BCUT2D eigenvalue weighted by atomic mass is 16.1. The molecule has 0 saturated carbocycles. The lowest BCUT2D eigenvalue weighted by Crippen LogP contribution is -2.29. The van der Waals surface area contributed by atoms with Crippen molar-refractivity contribution in [2.45, 2.75) is 6.42 Å². The molecule has 0 fully saturated rings. The molecule has 0 radical (unpaired) electrons. The number of anilines is 2. The smallest absolute Gasteiger partial charge is 0.253 e. The van der Waals surface area contributed by atoms with Gasteiger partial charge in [0.25, 0.3) is 5.91 Å². The van der Waals surface area contributed by atoms with E-state index in [4.69, 9.17) is 0 Å². The second kappa shape index (κ2) is 5.87. The molecule has 0 aliphatic carbocycles. The van der Waals surface area contributed by atoms with Crippen LogP contribution in [0, 0.1) is 0 Å². The zero-order valence-corrected chi connectivity index (χ0v) is 12.0. The van der Waals surface area contributed by atoms with Gasteiger partial charge in [-0.15, -0.1) is 0 Å². The number of hydrogen-bond donors (Lipinski definition) is 3. The topological polar surface area (TPSA) is 71.0 Å². The lowest BCUT2D eigenvalue weighted by molar-refractivity contribution is 0.0954. The van der Waals surface area contributed by atoms with Gasteiger partial charge in [-0.25, -0.2) is 0 Å². The van der Waals surface area contributed by atoms with Gasteiger partial charge in [0.05, 0.1) is 16.9 Å². The van der Waals surface area contributed by atoms with Crippen LogP contribution in [0.25, 0.3) is 0 Å². The Morgan fingerprint density at radius 2 is 2.19 bits per heavy atom. The number of aryl methyl sites for hydroxylation is 1. The predicted octanol–water partition coefficient (Wildman–Crippen LogP) is 1.23. The van der Waals surface area contributed by atoms with Gasteiger partial charge >= 0.3 is 0 Å². The summed E-state index contributed by atoms with van der Waals surface area (Å²) in [4.78, 5) is 12.3. The van der Waals surface area contributed by atoms with Crippen molar-refractivity contribution in [1.82, 2.24) is 15.1 Å². The Morgan fingerprint density at radius 3 is 3.00 bits per heavy atom. The zero-order chi connectivity index (χ0) is 14.7. The number of benzene rings is 1. The number of carbonyl (C=O) groups excluding carboxylic acids is 1. The summed E-state index contributed by atoms with van der Waals surface area (Å²) in [5.74, 6) is -0.0507. The standard InChI is InChI=1S/C15H19N5O/c1-20-11(6-8-19-20)5-7-18-15(21)12-3-2-4-13-14(12)17-10-9-16-13/h2-4,6,8,16-17H,5,7,9-10H2,1H3,(H,18,21). The van der Waals surface area contributed by atoms with Gasteiger partial charge in [-0.1, -0.05) is 6.07 Å². The second-order valence-corrected chi connectivity index (χ2v) is 5.03. The van der Waals surface area contributed by atoms with Crippen LogP contribution in [-0.2, 0) is 13.5 Å². The minimum Gasteiger partial charge on any atom is -0.382 e. The normalized spacial score (nSPS) is 13.0. The van der Waals surface area contributed by atoms with Crippen LogP contribution in [0.5, 0.6) is 0 Å². The van der Waals surface area contributed by atoms with Gasteiger partial charge in [0, 0.05) is 45.0 Å². The lowest BCUT2D eigenvalue weighted by Gasteiger charge is -2.22. The first-order valence-electron chi connectivity index (χ1n) is 7.11. The van der Waals surface area contributed by atoms with E-state index in [2.05, 4.69) is 21.0 Å². The number of amides is 1. The lowest BCUT2D eigenvalue weighted by atomic mass is 10.1. The molecule has 2 aromatic rings. The maximum atomic E-state index is 12.3. The van der Waals surface area contributed by atoms with Crippen molar-refractivity contribution in [3.05, 3.63) is 41.7 Å². The van der Waals surface area contributed by atoms with Crippen LogP contribution < -0.4 is 16.0 Å². The molecule has 2 heterocycles. The van der Waals surface area contributed by atoms with Crippen molar-refractivity contribution >= 4 is 17.3 Å². The summed E-state index contributed by atoms with van der Waals surface area (Å²) in [5, 5.41) is 13.7. The molecule has 1 aromatic carbocycles. The largest absolute Gasteiger partial charge is 0.382 e. The summed E-state index contributed by atoms with van der Waals surface area (Å²) in [6.45, 7) is 2.29. The molecule has 3 rings (SSSR count). The van der Waals surface area contributed by atoms with Crippen molar-refractivity contribution in [2.75, 3.05) is 30.3 Å². The Kier molecular flexibility index (Phi) is 3.77. The molecule has 1 aliphatic heterocycles. The number of fused-ring (bicyclic) bond motifs is 1. The quantitative estimate of drug-likeness (QED) is 0.790. The first kappa shape index (κ1) is 13.5. The van der Waals surface area contributed by atoms with Crippen LogP contribution in [0.4, 0.5) is 11.4 Å². The Morgan fingerprint density at radius 1 is 1.33 bits per heavy atom. The van der Waals surface area contributed by atoms with Gasteiger partial charge in [0.15, 0.2) is 0 Å². The summed E-state index contributed by atoms with van der Waals surface area (Å²) in [6.07, 6.45) is 2.53. The van der Waals surface area contributed by atoms with Crippen molar-refractivity contribution in [2.24, 2.45) is 7.05 Å². The average molecular weight is 285 g/mol. The van der Waals surface area contributed by atoms with Crippen LogP contribution in [0.1, 0.15) is 16.1 Å². The molecular formula is C15H19N5O. The van der Waals surface area contributed by atoms with Gasteiger partial charge in [-0.05, 0) is 18.2 Å². The first-order chi connectivity index (χ1) is 10.3. The number of hydrogen-bond acceptors (Lipinski definition) is 4. The van der Waals surface area contributed by atoms with E-state index in [9.17, 15) is 4.79 Å². The zero-order valence-electron chi connectivity index (χ0n) is 12.0. The van der Waals surface area contributed by atoms with E-state index < -0.39 is 0 Å². The summed E-state index contributed by atoms with van der Waals surface area (Å²) < 4.78 is 1.82. The van der Waals surface area contributed by atoms with E-state index in [0.29, 0.717) is 12.1 Å². The van der Waals surface area contributed by atoms with Crippen LogP contribution in [0.15, 0.2) is 30.5 Å². The first-order valence-corrected chi connectivity index (χ1v) is 7.11. The maximum absolute atomic E-state index is 12.3. The maximum Gasteiger partial charge on any atom is 0.253 e. The van der Waals surface area contributed by atoms with Crippen LogP contribution in [0.2, 0.25) is 0 Å². The van der Waals surface area contributed by atoms with Crippen molar-refractivity contribution in [1.29, 1.82) is 0 Å². The molecule has 0 spiro atoms. The molecule has 21 heavy (non-hydrogen) atoms. The summed E-state index contributed by atoms with van der Waals surface area (Å²) >= 11 is 0. The molecule has 0 bridgehead atoms. The van der Waals surface area contributed by atoms with Crippen molar-refractivity contribution < 1.29 is 4.79 Å². The van der Waals surface area contributed by atoms with E-state index >= 15 is 0 Å². The van der Waals surface area contributed by atoms with Crippen LogP contribution >= 0.6 is 0 Å². The molecule has 0 atom stereocenters. The van der Waals surface area contributed by atoms with E-state index in [1.807, 2.05) is 36.0 Å². The minimum absolute atomic E-state index is 0.0507. The summed E-state index contributed by atoms with van der Waals surface area (Å²) in [7, 11) is 1.90. The van der Waals surface area contributed by atoms with E-state index in [1.165, 1.54) is 0 Å². The number of nitrogens with one attached hydrogen (secondary N) is 3. The molecule has 110 valence electrons. The third-order valence-electron chi connectivity index (χ3n) is 3.64. The van der Waals surface area contributed by atoms with E-state index in [-0.39, 0.29) is 5.91 Å². The van der Waals surface area contributed by atoms with Gasteiger partial charge in [-0.3, -0.25) is 9.48 Å². The van der Waals surface area contributed by atoms with Gasteiger partial charge in [0.2, 0.25) is 0 Å². The third kappa shape index (κ3) is 2.84. The highest BCUT2D eigenvalue weighted by molar-refractivity contribution is 6.02. The van der Waals surface area contributed by atoms with Crippen molar-refractivity contribution in [3.63, 3.8) is 0 Å². The molecule has 0 unspecified atom stereocenters. The number of rotatable bonds is 4. The predicted molar refractivity (Wildman–Crippen MR) is 82.7 cm³/mol. The minimum atomic E-state index is -0.0507. The highest BCUT2D eigenvalue weighted by Crippen LogP contribution is 2.28. The summed E-state index contributed by atoms with van der Waals surface area (Å²) in [6, 6.07) is 7.68. The Hall–Kier alpha value is -2.50. The van der Waals surface area contributed by atoms with Gasteiger partial charge in [-0.2, -0.15) is 5.10 Å². The van der Waals surface area contributed by atoms with Crippen molar-refractivity contribution in [3.8, 4) is 0 Å². The summed E-state index contributed by atoms with van der Waals surface area (Å²) in [5.41, 5.74) is 3.66. The molecule has 3 N–H and O–H groups in total. The molecule has 6 nitrogen and oxygen atoms in total. The number of nitrogens with zero attached hydrogens (tertiary/aromatic N) is 2. The van der Waals surface area contributed by atoms with Crippen LogP contribution in [-0.4, -0.2) is 35.3 Å². The number of carbonyl (C=O) groups is 1. The van der Waals surface area contributed by atoms with E-state index in [0.717, 1.165) is 36.6 Å². The monoisotopic (exact) mass is 285 g/mol. The Balaban J connectivity index is 1.64. The molecule has 1 aliphatic rings. The fourth-order valence-electron chi connectivity index (χ4n) is 2.51. The molecule has 1 amide bonds. The molecule has 6 heteroatoms. The van der Waals surface area contributed by atoms with Gasteiger partial charge < -0.3 is 16.0 Å². The molecule has 1 aromatic heterocycles. The Labute approximate surface area is 123 Å². The molecule has 0 saturated heterocycles. The fraction of sp³-hybridized carbons (Fsp3) is 0.333. The number of aromatic nitrogens is 2. The fourth-order valence-corrected chi connectivity index (χ4v) is 2.51.